The summed E-state index contributed by atoms with van der Waals surface area (Å²) in [4.78, 5) is 10.4. The molecule has 0 aliphatic rings. The molecule has 4 aromatic heterocycles. The molecule has 31 heavy (non-hydrogen) atoms. The predicted molar refractivity (Wildman–Crippen MR) is 150 cm³/mol. The van der Waals surface area contributed by atoms with Gasteiger partial charge in [-0.2, -0.15) is 0 Å². The van der Waals surface area contributed by atoms with E-state index < -0.39 is 16.1 Å². The van der Waals surface area contributed by atoms with Crippen molar-refractivity contribution in [1.29, 1.82) is 0 Å². The van der Waals surface area contributed by atoms with Crippen LogP contribution in [0, 0.1) is 0 Å². The van der Waals surface area contributed by atoms with Crippen LogP contribution in [0.15, 0.2) is 45.8 Å². The number of thiophene rings is 4. The van der Waals surface area contributed by atoms with Crippen molar-refractivity contribution in [3.05, 3.63) is 65.3 Å². The van der Waals surface area contributed by atoms with Crippen molar-refractivity contribution in [2.45, 2.75) is 53.4 Å². The molecule has 0 saturated heterocycles. The Balaban J connectivity index is 1.85. The molecule has 1 nitrogen and oxygen atoms in total. The molecule has 164 valence electrons. The lowest BCUT2D eigenvalue weighted by Gasteiger charge is -2.28. The van der Waals surface area contributed by atoms with E-state index in [1.807, 2.05) is 45.3 Å². The highest BCUT2D eigenvalue weighted by atomic mass is 32.1. The van der Waals surface area contributed by atoms with E-state index in [9.17, 15) is 0 Å². The van der Waals surface area contributed by atoms with E-state index in [1.165, 1.54) is 40.7 Å². The molecular formula is C24H29NP2S4. The van der Waals surface area contributed by atoms with Crippen molar-refractivity contribution in [1.82, 2.24) is 4.86 Å². The monoisotopic (exact) mass is 521 g/mol. The van der Waals surface area contributed by atoms with Crippen LogP contribution in [0.4, 0.5) is 0 Å². The van der Waals surface area contributed by atoms with Gasteiger partial charge in [-0.3, -0.25) is 4.86 Å². The van der Waals surface area contributed by atoms with Crippen LogP contribution in [-0.4, -0.2) is 0 Å². The normalized spacial score (nSPS) is 11.8. The van der Waals surface area contributed by atoms with Gasteiger partial charge >= 0.3 is 0 Å². The van der Waals surface area contributed by atoms with E-state index in [1.54, 1.807) is 0 Å². The zero-order valence-electron chi connectivity index (χ0n) is 18.5. The lowest BCUT2D eigenvalue weighted by molar-refractivity contribution is 1.19. The molecule has 0 saturated carbocycles. The number of aryl methyl sites for hydroxylation is 4. The van der Waals surface area contributed by atoms with Crippen LogP contribution >= 0.6 is 61.5 Å². The Kier molecular flexibility index (Phi) is 8.56. The third-order valence-corrected chi connectivity index (χ3v) is 15.4. The molecule has 0 unspecified atom stereocenters. The van der Waals surface area contributed by atoms with Gasteiger partial charge in [-0.25, -0.2) is 0 Å². The minimum Gasteiger partial charge on any atom is -0.259 e. The summed E-state index contributed by atoms with van der Waals surface area (Å²) in [6.07, 6.45) is 4.42. The Hall–Kier alpha value is -0.380. The summed E-state index contributed by atoms with van der Waals surface area (Å²) >= 11 is 7.67. The summed E-state index contributed by atoms with van der Waals surface area (Å²) in [6.45, 7) is 9.18. The number of hydrogen-bond acceptors (Lipinski definition) is 5. The molecular weight excluding hydrogens is 492 g/mol. The Morgan fingerprint density at radius 3 is 1.00 bits per heavy atom. The van der Waals surface area contributed by atoms with Crippen LogP contribution in [0.2, 0.25) is 0 Å². The number of rotatable bonds is 10. The van der Waals surface area contributed by atoms with Crippen molar-refractivity contribution in [3.8, 4) is 0 Å². The standard InChI is InChI=1S/C24H29NP2S4/c1-5-21-17(9-13-28-21)26(18-10-14-29-22(18)6-2)25-27(19-11-15-30-23(19)7-3)20-12-16-31-24(20)8-4/h9-16,25H,5-8H2,1-4H3. The topological polar surface area (TPSA) is 12.0 Å². The van der Waals surface area contributed by atoms with Gasteiger partial charge in [-0.05, 0) is 71.5 Å². The van der Waals surface area contributed by atoms with Gasteiger partial charge in [-0.1, -0.05) is 27.7 Å². The van der Waals surface area contributed by atoms with Crippen LogP contribution < -0.4 is 26.1 Å². The maximum Gasteiger partial charge on any atom is 0.0317 e. The van der Waals surface area contributed by atoms with Crippen LogP contribution in [0.1, 0.15) is 47.2 Å². The first-order valence-corrected chi connectivity index (χ1v) is 17.0. The Bertz CT molecular complexity index is 935. The summed E-state index contributed by atoms with van der Waals surface area (Å²) in [6, 6.07) is 9.54. The molecule has 0 radical (unpaired) electrons. The summed E-state index contributed by atoms with van der Waals surface area (Å²) in [5, 5.41) is 15.3. The molecule has 0 bridgehead atoms. The first-order valence-electron chi connectivity index (χ1n) is 10.8. The van der Waals surface area contributed by atoms with Crippen LogP contribution in [0.3, 0.4) is 0 Å². The molecule has 4 heterocycles. The summed E-state index contributed by atoms with van der Waals surface area (Å²) < 4.78 is 0. The predicted octanol–water partition coefficient (Wildman–Crippen LogP) is 7.17. The largest absolute Gasteiger partial charge is 0.259 e. The van der Waals surface area contributed by atoms with Gasteiger partial charge in [0, 0.05) is 56.9 Å². The Morgan fingerprint density at radius 2 is 0.774 bits per heavy atom. The van der Waals surface area contributed by atoms with Gasteiger partial charge in [0.15, 0.2) is 0 Å². The second-order valence-corrected chi connectivity index (χ2v) is 15.2. The average molecular weight is 522 g/mol. The molecule has 0 amide bonds. The fraction of sp³-hybridized carbons (Fsp3) is 0.333. The van der Waals surface area contributed by atoms with Gasteiger partial charge in [0.1, 0.15) is 0 Å². The smallest absolute Gasteiger partial charge is 0.0317 e. The van der Waals surface area contributed by atoms with E-state index in [0.717, 1.165) is 25.7 Å². The zero-order chi connectivity index (χ0) is 21.8. The average Bonchev–Trinajstić information content (AvgIpc) is 3.60. The minimum atomic E-state index is -0.605. The van der Waals surface area contributed by atoms with Crippen molar-refractivity contribution in [3.63, 3.8) is 0 Å². The van der Waals surface area contributed by atoms with Gasteiger partial charge in [0.2, 0.25) is 0 Å². The van der Waals surface area contributed by atoms with E-state index in [2.05, 4.69) is 78.3 Å². The molecule has 0 aliphatic heterocycles. The van der Waals surface area contributed by atoms with Crippen molar-refractivity contribution >= 4 is 82.7 Å². The molecule has 0 aliphatic carbocycles. The molecule has 4 rings (SSSR count). The van der Waals surface area contributed by atoms with Crippen molar-refractivity contribution < 1.29 is 0 Å². The second-order valence-electron chi connectivity index (χ2n) is 7.10. The molecule has 1 N–H and O–H groups in total. The van der Waals surface area contributed by atoms with Crippen LogP contribution in [-0.2, 0) is 25.7 Å². The molecule has 4 aromatic rings. The zero-order valence-corrected chi connectivity index (χ0v) is 23.5. The lowest BCUT2D eigenvalue weighted by Crippen LogP contribution is -2.29. The van der Waals surface area contributed by atoms with Crippen LogP contribution in [0.25, 0.3) is 0 Å². The third kappa shape index (κ3) is 4.94. The Labute approximate surface area is 205 Å². The SMILES string of the molecule is CCc1sccc1P(NP(c1ccsc1CC)c1ccsc1CC)c1ccsc1CC. The van der Waals surface area contributed by atoms with Gasteiger partial charge < -0.3 is 0 Å². The molecule has 7 heteroatoms. The fourth-order valence-corrected chi connectivity index (χ4v) is 14.4. The van der Waals surface area contributed by atoms with Crippen LogP contribution in [0.5, 0.6) is 0 Å². The molecule has 0 atom stereocenters. The number of nitrogens with one attached hydrogen (secondary N) is 1. The minimum absolute atomic E-state index is 0.605. The van der Waals surface area contributed by atoms with Gasteiger partial charge in [0.05, 0.1) is 0 Å². The highest BCUT2D eigenvalue weighted by Gasteiger charge is 2.28. The molecule has 0 aromatic carbocycles. The maximum absolute atomic E-state index is 4.32. The first kappa shape index (κ1) is 23.8. The van der Waals surface area contributed by atoms with Gasteiger partial charge in [-0.15, -0.1) is 45.3 Å². The lowest BCUT2D eigenvalue weighted by atomic mass is 10.4. The van der Waals surface area contributed by atoms with Crippen molar-refractivity contribution in [2.24, 2.45) is 0 Å². The fourth-order valence-electron chi connectivity index (χ4n) is 3.77. The van der Waals surface area contributed by atoms with E-state index in [4.69, 9.17) is 0 Å². The van der Waals surface area contributed by atoms with Crippen molar-refractivity contribution in [2.75, 3.05) is 0 Å². The van der Waals surface area contributed by atoms with E-state index in [0.29, 0.717) is 0 Å². The van der Waals surface area contributed by atoms with E-state index in [-0.39, 0.29) is 0 Å². The summed E-state index contributed by atoms with van der Waals surface area (Å²) in [7, 11) is -1.21. The Morgan fingerprint density at radius 1 is 0.516 bits per heavy atom. The van der Waals surface area contributed by atoms with E-state index >= 15 is 0 Å². The summed E-state index contributed by atoms with van der Waals surface area (Å²) in [5.74, 6) is 0. The third-order valence-electron chi connectivity index (χ3n) is 5.34. The summed E-state index contributed by atoms with van der Waals surface area (Å²) in [5.41, 5.74) is 0. The quantitative estimate of drug-likeness (QED) is 0.218. The molecule has 0 fully saturated rings. The first-order chi connectivity index (χ1) is 15.2. The second kappa shape index (κ2) is 11.2. The van der Waals surface area contributed by atoms with Gasteiger partial charge in [0.25, 0.3) is 0 Å². The number of hydrogen-bond donors (Lipinski definition) is 1. The highest BCUT2D eigenvalue weighted by molar-refractivity contribution is 7.86. The molecule has 0 spiro atoms. The highest BCUT2D eigenvalue weighted by Crippen LogP contribution is 2.47. The maximum atomic E-state index is 4.32.